The minimum absolute atomic E-state index is 0. The summed E-state index contributed by atoms with van der Waals surface area (Å²) in [6.07, 6.45) is -0.0670. The van der Waals surface area contributed by atoms with Crippen molar-refractivity contribution in [3.63, 3.8) is 0 Å². The number of guanidine groups is 1. The molecule has 0 aliphatic carbocycles. The molecule has 2 rings (SSSR count). The molecule has 0 amide bonds. The second-order valence-electron chi connectivity index (χ2n) is 6.26. The Balaban J connectivity index is 0.00000364. The van der Waals surface area contributed by atoms with Crippen molar-refractivity contribution in [3.05, 3.63) is 41.8 Å². The molecule has 0 spiro atoms. The second kappa shape index (κ2) is 11.7. The zero-order valence-corrected chi connectivity index (χ0v) is 18.8. The lowest BCUT2D eigenvalue weighted by molar-refractivity contribution is 0.213. The molecule has 0 aliphatic heterocycles. The van der Waals surface area contributed by atoms with E-state index in [0.29, 0.717) is 30.7 Å². The summed E-state index contributed by atoms with van der Waals surface area (Å²) in [4.78, 5) is 4.21. The van der Waals surface area contributed by atoms with Gasteiger partial charge < -0.3 is 24.6 Å². The number of para-hydroxylation sites is 2. The average molecular weight is 488 g/mol. The van der Waals surface area contributed by atoms with Crippen molar-refractivity contribution in [3.8, 4) is 11.5 Å². The molecule has 8 heteroatoms. The van der Waals surface area contributed by atoms with Gasteiger partial charge in [-0.2, -0.15) is 0 Å². The van der Waals surface area contributed by atoms with Crippen molar-refractivity contribution >= 4 is 29.9 Å². The molecular weight excluding hydrogens is 459 g/mol. The Morgan fingerprint density at radius 2 is 1.89 bits per heavy atom. The molecule has 1 aromatic heterocycles. The first kappa shape index (κ1) is 23.1. The monoisotopic (exact) mass is 488 g/mol. The molecule has 1 heterocycles. The Kier molecular flexibility index (Phi) is 9.98. The van der Waals surface area contributed by atoms with Gasteiger partial charge in [0.15, 0.2) is 23.2 Å². The molecule has 0 fully saturated rings. The lowest BCUT2D eigenvalue weighted by atomic mass is 10.1. The van der Waals surface area contributed by atoms with Gasteiger partial charge in [-0.25, -0.2) is 0 Å². The molecule has 1 unspecified atom stereocenters. The van der Waals surface area contributed by atoms with Crippen LogP contribution >= 0.6 is 24.0 Å². The number of halogens is 1. The first-order valence-corrected chi connectivity index (χ1v) is 8.73. The van der Waals surface area contributed by atoms with Gasteiger partial charge in [0.1, 0.15) is 6.10 Å². The van der Waals surface area contributed by atoms with E-state index in [-0.39, 0.29) is 30.1 Å². The third-order valence-electron chi connectivity index (χ3n) is 3.78. The fourth-order valence-corrected chi connectivity index (χ4v) is 2.29. The quantitative estimate of drug-likeness (QED) is 0.336. The van der Waals surface area contributed by atoms with Crippen molar-refractivity contribution in [2.45, 2.75) is 39.3 Å². The van der Waals surface area contributed by atoms with E-state index in [1.807, 2.05) is 37.3 Å². The Hall–Kier alpha value is -1.97. The second-order valence-corrected chi connectivity index (χ2v) is 6.26. The van der Waals surface area contributed by atoms with E-state index in [0.717, 1.165) is 17.2 Å². The third kappa shape index (κ3) is 7.28. The minimum atomic E-state index is -0.0670. The molecule has 7 nitrogen and oxygen atoms in total. The van der Waals surface area contributed by atoms with Crippen LogP contribution in [0.1, 0.15) is 38.1 Å². The van der Waals surface area contributed by atoms with Crippen LogP contribution in [-0.2, 0) is 6.54 Å². The molecule has 27 heavy (non-hydrogen) atoms. The molecule has 2 N–H and O–H groups in total. The highest BCUT2D eigenvalue weighted by Gasteiger charge is 2.11. The zero-order chi connectivity index (χ0) is 18.9. The van der Waals surface area contributed by atoms with Crippen LogP contribution in [0.2, 0.25) is 0 Å². The lowest BCUT2D eigenvalue weighted by Gasteiger charge is -2.18. The number of nitrogens with zero attached hydrogens (tertiary/aromatic N) is 2. The molecular formula is C19H29IN4O3. The minimum Gasteiger partial charge on any atom is -0.493 e. The zero-order valence-electron chi connectivity index (χ0n) is 16.5. The SMILES string of the molecule is CN=C(NCc1cc(C(C)C)no1)NCC(C)Oc1ccccc1OC.I. The van der Waals surface area contributed by atoms with E-state index in [1.165, 1.54) is 0 Å². The van der Waals surface area contributed by atoms with Gasteiger partial charge in [0.05, 0.1) is 25.9 Å². The van der Waals surface area contributed by atoms with Crippen LogP contribution in [0.3, 0.4) is 0 Å². The normalized spacial score (nSPS) is 12.3. The summed E-state index contributed by atoms with van der Waals surface area (Å²) < 4.78 is 16.5. The van der Waals surface area contributed by atoms with Crippen molar-refractivity contribution in [1.82, 2.24) is 15.8 Å². The standard InChI is InChI=1S/C19H28N4O3.HI/c1-13(2)16-10-15(26-23-16)12-22-19(20-4)21-11-14(3)25-18-9-7-6-8-17(18)24-5;/h6-10,13-14H,11-12H2,1-5H3,(H2,20,21,22);1H. The molecule has 0 saturated heterocycles. The van der Waals surface area contributed by atoms with Gasteiger partial charge >= 0.3 is 0 Å². The van der Waals surface area contributed by atoms with E-state index < -0.39 is 0 Å². The van der Waals surface area contributed by atoms with Crippen molar-refractivity contribution < 1.29 is 14.0 Å². The highest BCUT2D eigenvalue weighted by Crippen LogP contribution is 2.26. The molecule has 0 aliphatic rings. The molecule has 2 aromatic rings. The smallest absolute Gasteiger partial charge is 0.191 e. The first-order valence-electron chi connectivity index (χ1n) is 8.73. The average Bonchev–Trinajstić information content (AvgIpc) is 3.11. The Morgan fingerprint density at radius 1 is 1.19 bits per heavy atom. The predicted octanol–water partition coefficient (Wildman–Crippen LogP) is 3.56. The number of aromatic nitrogens is 1. The maximum absolute atomic E-state index is 5.92. The lowest BCUT2D eigenvalue weighted by Crippen LogP contribution is -2.41. The van der Waals surface area contributed by atoms with Crippen molar-refractivity contribution in [2.24, 2.45) is 4.99 Å². The summed E-state index contributed by atoms with van der Waals surface area (Å²) >= 11 is 0. The van der Waals surface area contributed by atoms with E-state index >= 15 is 0 Å². The van der Waals surface area contributed by atoms with E-state index in [4.69, 9.17) is 14.0 Å². The van der Waals surface area contributed by atoms with E-state index in [2.05, 4.69) is 34.6 Å². The fraction of sp³-hybridized carbons (Fsp3) is 0.474. The van der Waals surface area contributed by atoms with Crippen LogP contribution in [0.4, 0.5) is 0 Å². The number of aliphatic imine (C=N–C) groups is 1. The number of nitrogens with one attached hydrogen (secondary N) is 2. The van der Waals surface area contributed by atoms with Gasteiger partial charge in [-0.3, -0.25) is 4.99 Å². The summed E-state index contributed by atoms with van der Waals surface area (Å²) in [7, 11) is 3.35. The fourth-order valence-electron chi connectivity index (χ4n) is 2.29. The summed E-state index contributed by atoms with van der Waals surface area (Å²) in [5.74, 6) is 3.22. The van der Waals surface area contributed by atoms with Crippen molar-refractivity contribution in [1.29, 1.82) is 0 Å². The van der Waals surface area contributed by atoms with Gasteiger partial charge in [0.2, 0.25) is 0 Å². The molecule has 1 aromatic carbocycles. The van der Waals surface area contributed by atoms with E-state index in [1.54, 1.807) is 14.2 Å². The summed E-state index contributed by atoms with van der Waals surface area (Å²) in [5, 5.41) is 10.5. The van der Waals surface area contributed by atoms with Crippen LogP contribution in [0.5, 0.6) is 11.5 Å². The molecule has 0 bridgehead atoms. The first-order chi connectivity index (χ1) is 12.5. The van der Waals surface area contributed by atoms with Gasteiger partial charge in [-0.05, 0) is 25.0 Å². The largest absolute Gasteiger partial charge is 0.493 e. The van der Waals surface area contributed by atoms with Crippen LogP contribution in [0, 0.1) is 0 Å². The maximum Gasteiger partial charge on any atom is 0.191 e. The highest BCUT2D eigenvalue weighted by atomic mass is 127. The Labute approximate surface area is 177 Å². The Morgan fingerprint density at radius 3 is 2.48 bits per heavy atom. The Bertz CT molecular complexity index is 718. The summed E-state index contributed by atoms with van der Waals surface area (Å²) in [6, 6.07) is 9.55. The summed E-state index contributed by atoms with van der Waals surface area (Å²) in [5.41, 5.74) is 0.948. The highest BCUT2D eigenvalue weighted by molar-refractivity contribution is 14.0. The van der Waals surface area contributed by atoms with Gasteiger partial charge in [0.25, 0.3) is 0 Å². The van der Waals surface area contributed by atoms with Crippen LogP contribution in [0.25, 0.3) is 0 Å². The molecule has 150 valence electrons. The number of rotatable bonds is 8. The number of hydrogen-bond donors (Lipinski definition) is 2. The van der Waals surface area contributed by atoms with E-state index in [9.17, 15) is 0 Å². The number of benzene rings is 1. The summed E-state index contributed by atoms with van der Waals surface area (Å²) in [6.45, 7) is 7.25. The third-order valence-corrected chi connectivity index (χ3v) is 3.78. The van der Waals surface area contributed by atoms with Crippen LogP contribution in [0.15, 0.2) is 39.8 Å². The van der Waals surface area contributed by atoms with Crippen molar-refractivity contribution in [2.75, 3.05) is 20.7 Å². The number of ether oxygens (including phenoxy) is 2. The van der Waals surface area contributed by atoms with Gasteiger partial charge in [-0.15, -0.1) is 24.0 Å². The maximum atomic E-state index is 5.92. The predicted molar refractivity (Wildman–Crippen MR) is 117 cm³/mol. The topological polar surface area (TPSA) is 80.9 Å². The van der Waals surface area contributed by atoms with Crippen LogP contribution < -0.4 is 20.1 Å². The van der Waals surface area contributed by atoms with Gasteiger partial charge in [-0.1, -0.05) is 31.1 Å². The van der Waals surface area contributed by atoms with Crippen LogP contribution in [-0.4, -0.2) is 37.9 Å². The molecule has 0 saturated carbocycles. The van der Waals surface area contributed by atoms with Gasteiger partial charge in [0, 0.05) is 13.1 Å². The number of hydrogen-bond acceptors (Lipinski definition) is 5. The number of methoxy groups -OCH3 is 1. The molecule has 1 atom stereocenters. The molecule has 0 radical (unpaired) electrons.